The smallest absolute Gasteiger partial charge is 0.340 e. The number of ether oxygens (including phenoxy) is 2. The van der Waals surface area contributed by atoms with Crippen molar-refractivity contribution in [1.29, 1.82) is 0 Å². The van der Waals surface area contributed by atoms with E-state index >= 15 is 0 Å². The van der Waals surface area contributed by atoms with Crippen molar-refractivity contribution in [3.8, 4) is 5.75 Å². The Morgan fingerprint density at radius 1 is 1.40 bits per heavy atom. The van der Waals surface area contributed by atoms with Gasteiger partial charge in [-0.15, -0.1) is 0 Å². The fraction of sp³-hybridized carbons (Fsp3) is 0.222. The highest BCUT2D eigenvalue weighted by atomic mass is 79.9. The second kappa shape index (κ2) is 4.85. The molecule has 1 aromatic rings. The van der Waals surface area contributed by atoms with Gasteiger partial charge in [-0.25, -0.2) is 4.79 Å². The fourth-order valence-electron chi connectivity index (χ4n) is 1.08. The van der Waals surface area contributed by atoms with Gasteiger partial charge in [-0.1, -0.05) is 0 Å². The third-order valence-electron chi connectivity index (χ3n) is 1.82. The average molecular weight is 339 g/mol. The van der Waals surface area contributed by atoms with Crippen LogP contribution in [0.1, 0.15) is 10.4 Å². The van der Waals surface area contributed by atoms with Crippen LogP contribution in [0.5, 0.6) is 5.75 Å². The van der Waals surface area contributed by atoms with Crippen molar-refractivity contribution in [2.45, 2.75) is 0 Å². The molecule has 0 radical (unpaired) electrons. The zero-order valence-corrected chi connectivity index (χ0v) is 11.3. The molecule has 0 aromatic heterocycles. The second-order valence-electron chi connectivity index (χ2n) is 2.66. The molecule has 0 amide bonds. The van der Waals surface area contributed by atoms with Gasteiger partial charge in [0, 0.05) is 0 Å². The zero-order valence-electron chi connectivity index (χ0n) is 8.14. The molecule has 0 fully saturated rings. The van der Waals surface area contributed by atoms with Crippen molar-refractivity contribution >= 4 is 43.5 Å². The average Bonchev–Trinajstić information content (AvgIpc) is 2.23. The highest BCUT2D eigenvalue weighted by molar-refractivity contribution is 9.11. The van der Waals surface area contributed by atoms with Crippen molar-refractivity contribution in [3.63, 3.8) is 0 Å². The van der Waals surface area contributed by atoms with E-state index in [1.165, 1.54) is 14.2 Å². The standard InChI is InChI=1S/C9H9Br2NO3/c1-14-8-5(10)3-4(9(13)15-2)7(12)6(8)11/h3H,12H2,1-2H3. The first kappa shape index (κ1) is 12.3. The molecule has 0 saturated carbocycles. The number of rotatable bonds is 2. The summed E-state index contributed by atoms with van der Waals surface area (Å²) >= 11 is 6.52. The topological polar surface area (TPSA) is 61.5 Å². The number of hydrogen-bond donors (Lipinski definition) is 1. The lowest BCUT2D eigenvalue weighted by atomic mass is 10.2. The summed E-state index contributed by atoms with van der Waals surface area (Å²) in [6, 6.07) is 1.56. The van der Waals surface area contributed by atoms with Crippen LogP contribution in [0, 0.1) is 0 Å². The maximum absolute atomic E-state index is 11.4. The lowest BCUT2D eigenvalue weighted by Crippen LogP contribution is -2.07. The lowest BCUT2D eigenvalue weighted by molar-refractivity contribution is 0.0602. The highest BCUT2D eigenvalue weighted by Gasteiger charge is 2.18. The van der Waals surface area contributed by atoms with E-state index in [0.29, 0.717) is 20.4 Å². The molecule has 0 atom stereocenters. The van der Waals surface area contributed by atoms with Crippen molar-refractivity contribution in [2.24, 2.45) is 0 Å². The normalized spacial score (nSPS) is 9.87. The number of carbonyl (C=O) groups is 1. The molecule has 0 spiro atoms. The fourth-order valence-corrected chi connectivity index (χ4v) is 2.53. The van der Waals surface area contributed by atoms with Gasteiger partial charge in [-0.05, 0) is 37.9 Å². The van der Waals surface area contributed by atoms with Gasteiger partial charge in [-0.2, -0.15) is 0 Å². The second-order valence-corrected chi connectivity index (χ2v) is 4.31. The monoisotopic (exact) mass is 337 g/mol. The third kappa shape index (κ3) is 2.26. The third-order valence-corrected chi connectivity index (χ3v) is 3.20. The van der Waals surface area contributed by atoms with Crippen molar-refractivity contribution < 1.29 is 14.3 Å². The molecule has 0 saturated heterocycles. The molecule has 0 heterocycles. The predicted octanol–water partition coefficient (Wildman–Crippen LogP) is 2.59. The molecule has 0 aliphatic rings. The molecule has 0 bridgehead atoms. The molecule has 6 heteroatoms. The molecular formula is C9H9Br2NO3. The number of halogens is 2. The van der Waals surface area contributed by atoms with Gasteiger partial charge < -0.3 is 15.2 Å². The first-order valence-electron chi connectivity index (χ1n) is 3.92. The van der Waals surface area contributed by atoms with Gasteiger partial charge in [-0.3, -0.25) is 0 Å². The Labute approximate surface area is 104 Å². The summed E-state index contributed by atoms with van der Waals surface area (Å²) in [6.45, 7) is 0. The van der Waals surface area contributed by atoms with Crippen LogP contribution in [0.2, 0.25) is 0 Å². The van der Waals surface area contributed by atoms with E-state index in [0.717, 1.165) is 0 Å². The minimum atomic E-state index is -0.489. The number of carbonyl (C=O) groups excluding carboxylic acids is 1. The Morgan fingerprint density at radius 2 is 2.00 bits per heavy atom. The number of methoxy groups -OCH3 is 2. The van der Waals surface area contributed by atoms with Crippen LogP contribution in [-0.4, -0.2) is 20.2 Å². The minimum Gasteiger partial charge on any atom is -0.494 e. The molecular weight excluding hydrogens is 330 g/mol. The molecule has 4 nitrogen and oxygen atoms in total. The Morgan fingerprint density at radius 3 is 2.47 bits per heavy atom. The van der Waals surface area contributed by atoms with Crippen LogP contribution in [0.25, 0.3) is 0 Å². The molecule has 15 heavy (non-hydrogen) atoms. The maximum atomic E-state index is 11.4. The van der Waals surface area contributed by atoms with Crippen molar-refractivity contribution in [3.05, 3.63) is 20.6 Å². The number of nitrogens with two attached hydrogens (primary N) is 1. The molecule has 0 aliphatic carbocycles. The van der Waals surface area contributed by atoms with Gasteiger partial charge in [0.2, 0.25) is 0 Å². The summed E-state index contributed by atoms with van der Waals surface area (Å²) in [4.78, 5) is 11.4. The molecule has 0 aliphatic heterocycles. The van der Waals surface area contributed by atoms with Gasteiger partial charge in [0.25, 0.3) is 0 Å². The van der Waals surface area contributed by atoms with Crippen molar-refractivity contribution in [1.82, 2.24) is 0 Å². The number of anilines is 1. The van der Waals surface area contributed by atoms with E-state index in [2.05, 4.69) is 36.6 Å². The summed E-state index contributed by atoms with van der Waals surface area (Å²) < 4.78 is 10.9. The van der Waals surface area contributed by atoms with Gasteiger partial charge >= 0.3 is 5.97 Å². The van der Waals surface area contributed by atoms with E-state index in [4.69, 9.17) is 10.5 Å². The van der Waals surface area contributed by atoms with Crippen LogP contribution >= 0.6 is 31.9 Å². The first-order chi connectivity index (χ1) is 7.02. The van der Waals surface area contributed by atoms with E-state index in [-0.39, 0.29) is 5.56 Å². The molecule has 0 unspecified atom stereocenters. The molecule has 82 valence electrons. The zero-order chi connectivity index (χ0) is 11.6. The summed E-state index contributed by atoms with van der Waals surface area (Å²) in [7, 11) is 2.82. The predicted molar refractivity (Wildman–Crippen MR) is 64.1 cm³/mol. The van der Waals surface area contributed by atoms with E-state index < -0.39 is 5.97 Å². The van der Waals surface area contributed by atoms with Crippen LogP contribution < -0.4 is 10.5 Å². The van der Waals surface area contributed by atoms with E-state index in [1.807, 2.05) is 0 Å². The van der Waals surface area contributed by atoms with Gasteiger partial charge in [0.1, 0.15) is 5.75 Å². The maximum Gasteiger partial charge on any atom is 0.340 e. The van der Waals surface area contributed by atoms with Crippen LogP contribution in [0.15, 0.2) is 15.0 Å². The number of benzene rings is 1. The number of nitrogen functional groups attached to an aromatic ring is 1. The Balaban J connectivity index is 3.40. The van der Waals surface area contributed by atoms with Crippen LogP contribution in [0.4, 0.5) is 5.69 Å². The van der Waals surface area contributed by atoms with E-state index in [1.54, 1.807) is 6.07 Å². The Hall–Kier alpha value is -0.750. The quantitative estimate of drug-likeness (QED) is 0.665. The molecule has 2 N–H and O–H groups in total. The minimum absolute atomic E-state index is 0.289. The van der Waals surface area contributed by atoms with Gasteiger partial charge in [0.15, 0.2) is 0 Å². The lowest BCUT2D eigenvalue weighted by Gasteiger charge is -2.11. The molecule has 1 rings (SSSR count). The largest absolute Gasteiger partial charge is 0.494 e. The summed E-state index contributed by atoms with van der Waals surface area (Å²) in [5.74, 6) is 0.0525. The summed E-state index contributed by atoms with van der Waals surface area (Å²) in [5.41, 5.74) is 6.34. The Bertz CT molecular complexity index is 407. The summed E-state index contributed by atoms with van der Waals surface area (Å²) in [5, 5.41) is 0. The first-order valence-corrected chi connectivity index (χ1v) is 5.51. The Kier molecular flexibility index (Phi) is 3.98. The SMILES string of the molecule is COC(=O)c1cc(Br)c(OC)c(Br)c1N. The van der Waals surface area contributed by atoms with Crippen LogP contribution in [0.3, 0.4) is 0 Å². The highest BCUT2D eigenvalue weighted by Crippen LogP contribution is 2.39. The van der Waals surface area contributed by atoms with Crippen molar-refractivity contribution in [2.75, 3.05) is 20.0 Å². The number of esters is 1. The van der Waals surface area contributed by atoms with Crippen LogP contribution in [-0.2, 0) is 4.74 Å². The van der Waals surface area contributed by atoms with Gasteiger partial charge in [0.05, 0.1) is 34.4 Å². The summed E-state index contributed by atoms with van der Waals surface area (Å²) in [6.07, 6.45) is 0. The number of hydrogen-bond acceptors (Lipinski definition) is 4. The van der Waals surface area contributed by atoms with E-state index in [9.17, 15) is 4.79 Å². The molecule has 1 aromatic carbocycles.